The number of hydrogen-bond acceptors (Lipinski definition) is 5. The molecule has 0 saturated carbocycles. The van der Waals surface area contributed by atoms with E-state index in [1.807, 2.05) is 61.5 Å². The molecule has 1 N–H and O–H groups in total. The van der Waals surface area contributed by atoms with E-state index in [1.54, 1.807) is 0 Å². The van der Waals surface area contributed by atoms with Crippen LogP contribution in [-0.2, 0) is 0 Å². The van der Waals surface area contributed by atoms with Crippen LogP contribution < -0.4 is 15.3 Å². The van der Waals surface area contributed by atoms with Gasteiger partial charge in [-0.05, 0) is 42.5 Å². The van der Waals surface area contributed by atoms with Gasteiger partial charge in [-0.3, -0.25) is 4.98 Å². The highest BCUT2D eigenvalue weighted by Crippen LogP contribution is 2.31. The summed E-state index contributed by atoms with van der Waals surface area (Å²) in [5, 5.41) is 15.4. The zero-order valence-corrected chi connectivity index (χ0v) is 14.8. The molecule has 3 rings (SSSR count). The molecule has 0 radical (unpaired) electrons. The molecule has 3 aromatic rings. The summed E-state index contributed by atoms with van der Waals surface area (Å²) in [5.74, 6) is -1.27. The molecule has 0 aliphatic carbocycles. The predicted molar refractivity (Wildman–Crippen MR) is 97.8 cm³/mol. The Hall–Kier alpha value is -2.60. The van der Waals surface area contributed by atoms with Crippen LogP contribution >= 0.6 is 15.9 Å². The van der Waals surface area contributed by atoms with Crippen molar-refractivity contribution in [3.8, 4) is 0 Å². The highest BCUT2D eigenvalue weighted by molar-refractivity contribution is 9.10. The Bertz CT molecular complexity index is 908. The Balaban J connectivity index is 2.10. The molecule has 0 aliphatic heterocycles. The van der Waals surface area contributed by atoms with E-state index in [0.29, 0.717) is 16.6 Å². The monoisotopic (exact) mass is 384 g/mol. The molecule has 5 nitrogen and oxygen atoms in total. The van der Waals surface area contributed by atoms with Crippen molar-refractivity contribution in [1.29, 1.82) is 0 Å². The highest BCUT2D eigenvalue weighted by Gasteiger charge is 2.11. The van der Waals surface area contributed by atoms with Crippen molar-refractivity contribution in [3.63, 3.8) is 0 Å². The zero-order valence-electron chi connectivity index (χ0n) is 13.2. The first-order valence-corrected chi connectivity index (χ1v) is 8.09. The van der Waals surface area contributed by atoms with Crippen molar-refractivity contribution >= 4 is 49.9 Å². The first-order chi connectivity index (χ1) is 11.5. The lowest BCUT2D eigenvalue weighted by atomic mass is 10.1. The molecule has 6 heteroatoms. The minimum Gasteiger partial charge on any atom is -0.545 e. The maximum absolute atomic E-state index is 11.5. The van der Waals surface area contributed by atoms with Crippen LogP contribution in [-0.4, -0.2) is 25.0 Å². The molecule has 1 aromatic heterocycles. The summed E-state index contributed by atoms with van der Waals surface area (Å²) in [7, 11) is 3.93. The summed E-state index contributed by atoms with van der Waals surface area (Å²) < 4.78 is 0.846. The lowest BCUT2D eigenvalue weighted by molar-refractivity contribution is -0.254. The molecule has 122 valence electrons. The summed E-state index contributed by atoms with van der Waals surface area (Å²) in [6, 6.07) is 13.3. The topological polar surface area (TPSA) is 68.3 Å². The lowest BCUT2D eigenvalue weighted by Gasteiger charge is -2.17. The van der Waals surface area contributed by atoms with Gasteiger partial charge in [-0.2, -0.15) is 0 Å². The van der Waals surface area contributed by atoms with Crippen LogP contribution in [0.4, 0.5) is 17.1 Å². The number of pyridine rings is 1. The van der Waals surface area contributed by atoms with Gasteiger partial charge in [0.15, 0.2) is 0 Å². The molecule has 0 saturated heterocycles. The Morgan fingerprint density at radius 3 is 2.50 bits per heavy atom. The number of aromatic nitrogens is 1. The minimum atomic E-state index is -1.27. The molecule has 0 spiro atoms. The SMILES string of the molecule is CN(C)c1ccc(Nc2c(C(=O)[O-])cnc3ccc(Br)cc23)cc1. The van der Waals surface area contributed by atoms with E-state index < -0.39 is 5.97 Å². The molecule has 0 aliphatic rings. The Kier molecular flexibility index (Phi) is 4.40. The summed E-state index contributed by atoms with van der Waals surface area (Å²) >= 11 is 3.41. The van der Waals surface area contributed by atoms with Crippen LogP contribution in [0, 0.1) is 0 Å². The van der Waals surface area contributed by atoms with Crippen molar-refractivity contribution in [3.05, 3.63) is 58.7 Å². The van der Waals surface area contributed by atoms with E-state index in [2.05, 4.69) is 26.2 Å². The molecule has 1 heterocycles. The number of hydrogen-bond donors (Lipinski definition) is 1. The third-order valence-corrected chi connectivity index (χ3v) is 4.20. The number of rotatable bonds is 4. The quantitative estimate of drug-likeness (QED) is 0.747. The fraction of sp³-hybridized carbons (Fsp3) is 0.111. The zero-order chi connectivity index (χ0) is 17.3. The standard InChI is InChI=1S/C18H16BrN3O2/c1-22(2)13-6-4-12(5-7-13)21-17-14-9-11(19)3-8-16(14)20-10-15(17)18(23)24/h3-10H,1-2H3,(H,20,21)(H,23,24)/p-1. The largest absolute Gasteiger partial charge is 0.545 e. The molecular formula is C18H15BrN3O2-. The summed E-state index contributed by atoms with van der Waals surface area (Å²) in [4.78, 5) is 17.7. The average Bonchev–Trinajstić information content (AvgIpc) is 2.55. The molecule has 2 aromatic carbocycles. The van der Waals surface area contributed by atoms with Crippen molar-refractivity contribution in [1.82, 2.24) is 4.98 Å². The normalized spacial score (nSPS) is 10.6. The summed E-state index contributed by atoms with van der Waals surface area (Å²) in [5.41, 5.74) is 3.05. The minimum absolute atomic E-state index is 0.0253. The smallest absolute Gasteiger partial charge is 0.0752 e. The average molecular weight is 385 g/mol. The number of aromatic carboxylic acids is 1. The van der Waals surface area contributed by atoms with Crippen molar-refractivity contribution in [2.24, 2.45) is 0 Å². The maximum Gasteiger partial charge on any atom is 0.0752 e. The first-order valence-electron chi connectivity index (χ1n) is 7.30. The summed E-state index contributed by atoms with van der Waals surface area (Å²) in [6.45, 7) is 0. The van der Waals surface area contributed by atoms with Gasteiger partial charge in [-0.25, -0.2) is 0 Å². The number of carboxylic acid groups (broad SMARTS) is 1. The number of halogens is 1. The lowest BCUT2D eigenvalue weighted by Crippen LogP contribution is -2.23. The van der Waals surface area contributed by atoms with Crippen LogP contribution in [0.5, 0.6) is 0 Å². The Morgan fingerprint density at radius 2 is 1.88 bits per heavy atom. The van der Waals surface area contributed by atoms with Crippen molar-refractivity contribution in [2.45, 2.75) is 0 Å². The number of carboxylic acids is 1. The van der Waals surface area contributed by atoms with Gasteiger partial charge in [0, 0.05) is 47.1 Å². The molecule has 24 heavy (non-hydrogen) atoms. The van der Waals surface area contributed by atoms with Crippen molar-refractivity contribution < 1.29 is 9.90 Å². The van der Waals surface area contributed by atoms with Crippen molar-refractivity contribution in [2.75, 3.05) is 24.3 Å². The van der Waals surface area contributed by atoms with Crippen LogP contribution in [0.2, 0.25) is 0 Å². The van der Waals surface area contributed by atoms with E-state index in [4.69, 9.17) is 0 Å². The Labute approximate surface area is 148 Å². The maximum atomic E-state index is 11.5. The predicted octanol–water partition coefficient (Wildman–Crippen LogP) is 3.17. The molecule has 0 atom stereocenters. The second-order valence-electron chi connectivity index (χ2n) is 5.56. The van der Waals surface area contributed by atoms with Gasteiger partial charge < -0.3 is 20.1 Å². The van der Waals surface area contributed by atoms with Crippen LogP contribution in [0.25, 0.3) is 10.9 Å². The van der Waals surface area contributed by atoms with Crippen LogP contribution in [0.1, 0.15) is 10.4 Å². The van der Waals surface area contributed by atoms with E-state index >= 15 is 0 Å². The van der Waals surface area contributed by atoms with E-state index in [9.17, 15) is 9.90 Å². The molecule has 0 amide bonds. The third kappa shape index (κ3) is 3.19. The van der Waals surface area contributed by atoms with Gasteiger partial charge in [0.1, 0.15) is 0 Å². The van der Waals surface area contributed by atoms with Gasteiger partial charge in [-0.1, -0.05) is 15.9 Å². The van der Waals surface area contributed by atoms with E-state index in [1.165, 1.54) is 6.20 Å². The van der Waals surface area contributed by atoms with Gasteiger partial charge in [-0.15, -0.1) is 0 Å². The molecule has 0 bridgehead atoms. The summed E-state index contributed by atoms with van der Waals surface area (Å²) in [6.07, 6.45) is 1.32. The number of fused-ring (bicyclic) bond motifs is 1. The number of anilines is 3. The molecule has 0 unspecified atom stereocenters. The third-order valence-electron chi connectivity index (χ3n) is 3.70. The van der Waals surface area contributed by atoms with E-state index in [-0.39, 0.29) is 5.56 Å². The van der Waals surface area contributed by atoms with Gasteiger partial charge in [0.25, 0.3) is 0 Å². The number of carbonyl (C=O) groups is 1. The van der Waals surface area contributed by atoms with Gasteiger partial charge >= 0.3 is 0 Å². The van der Waals surface area contributed by atoms with E-state index in [0.717, 1.165) is 15.8 Å². The van der Waals surface area contributed by atoms with Gasteiger partial charge in [0.2, 0.25) is 0 Å². The number of benzene rings is 2. The number of carbonyl (C=O) groups excluding carboxylic acids is 1. The number of nitrogens with zero attached hydrogens (tertiary/aromatic N) is 2. The first kappa shape index (κ1) is 16.3. The second-order valence-corrected chi connectivity index (χ2v) is 6.48. The number of nitrogens with one attached hydrogen (secondary N) is 1. The fourth-order valence-electron chi connectivity index (χ4n) is 2.44. The molecular weight excluding hydrogens is 370 g/mol. The second kappa shape index (κ2) is 6.49. The van der Waals surface area contributed by atoms with Crippen LogP contribution in [0.3, 0.4) is 0 Å². The fourth-order valence-corrected chi connectivity index (χ4v) is 2.80. The Morgan fingerprint density at radius 1 is 1.17 bits per heavy atom. The van der Waals surface area contributed by atoms with Gasteiger partial charge in [0.05, 0.1) is 17.2 Å². The highest BCUT2D eigenvalue weighted by atomic mass is 79.9. The van der Waals surface area contributed by atoms with Crippen LogP contribution in [0.15, 0.2) is 53.1 Å². The molecule has 0 fully saturated rings.